The summed E-state index contributed by atoms with van der Waals surface area (Å²) in [5.74, 6) is 0. The van der Waals surface area contributed by atoms with Gasteiger partial charge in [0.15, 0.2) is 0 Å². The van der Waals surface area contributed by atoms with Crippen molar-refractivity contribution in [2.75, 3.05) is 0 Å². The highest BCUT2D eigenvalue weighted by Crippen LogP contribution is 2.41. The zero-order chi connectivity index (χ0) is 14.8. The van der Waals surface area contributed by atoms with Gasteiger partial charge in [0.1, 0.15) is 5.60 Å². The molecule has 0 aromatic heterocycles. The average molecular weight is 276 g/mol. The van der Waals surface area contributed by atoms with Gasteiger partial charge < -0.3 is 9.84 Å². The van der Waals surface area contributed by atoms with Crippen molar-refractivity contribution in [3.63, 3.8) is 0 Å². The van der Waals surface area contributed by atoms with Crippen LogP contribution in [0.4, 0.5) is 4.79 Å². The summed E-state index contributed by atoms with van der Waals surface area (Å²) in [6.07, 6.45) is 3.59. The summed E-state index contributed by atoms with van der Waals surface area (Å²) in [6.45, 7) is 6.49. The second-order valence-corrected chi connectivity index (χ2v) is 6.75. The van der Waals surface area contributed by atoms with Crippen LogP contribution in [-0.4, -0.2) is 11.3 Å². The van der Waals surface area contributed by atoms with Crippen LogP contribution in [0.1, 0.15) is 64.0 Å². The van der Waals surface area contributed by atoms with E-state index >= 15 is 0 Å². The third-order valence-corrected chi connectivity index (χ3v) is 4.20. The van der Waals surface area contributed by atoms with E-state index in [1.54, 1.807) is 0 Å². The smallest absolute Gasteiger partial charge is 0.450 e. The molecule has 0 unspecified atom stereocenters. The second-order valence-electron chi connectivity index (χ2n) is 6.75. The Morgan fingerprint density at radius 3 is 2.40 bits per heavy atom. The number of carbonyl (C=O) groups is 1. The van der Waals surface area contributed by atoms with Crippen molar-refractivity contribution in [1.82, 2.24) is 0 Å². The summed E-state index contributed by atoms with van der Waals surface area (Å²) >= 11 is 0. The van der Waals surface area contributed by atoms with Crippen LogP contribution in [-0.2, 0) is 15.8 Å². The molecular formula is C17H24O3. The first-order valence-corrected chi connectivity index (χ1v) is 7.36. The van der Waals surface area contributed by atoms with Crippen LogP contribution in [0, 0.1) is 0 Å². The van der Waals surface area contributed by atoms with Gasteiger partial charge in [-0.3, -0.25) is 0 Å². The molecule has 0 bridgehead atoms. The number of hydrogen-bond acceptors (Lipinski definition) is 2. The van der Waals surface area contributed by atoms with E-state index in [9.17, 15) is 4.79 Å². The minimum absolute atomic E-state index is 0.0507. The van der Waals surface area contributed by atoms with E-state index in [0.29, 0.717) is 0 Å². The van der Waals surface area contributed by atoms with Gasteiger partial charge in [0.25, 0.3) is 0 Å². The van der Waals surface area contributed by atoms with Crippen molar-refractivity contribution < 1.29 is 14.6 Å². The molecule has 1 aliphatic carbocycles. The standard InChI is InChI=1S/C17H24O3/c1-16(2,3)13-8-7-9-14(12-13)17(20-15(18)19)10-5-4-6-11-17/h7-9,12H,4-6,10-11H2,1-3H3,(H,18,19). The predicted octanol–water partition coefficient (Wildman–Crippen LogP) is 4.84. The van der Waals surface area contributed by atoms with E-state index in [-0.39, 0.29) is 5.41 Å². The largest absolute Gasteiger partial charge is 0.506 e. The van der Waals surface area contributed by atoms with Crippen LogP contribution in [0.3, 0.4) is 0 Å². The van der Waals surface area contributed by atoms with Crippen molar-refractivity contribution in [2.24, 2.45) is 0 Å². The summed E-state index contributed by atoms with van der Waals surface area (Å²) in [6, 6.07) is 8.23. The molecule has 3 heteroatoms. The van der Waals surface area contributed by atoms with Gasteiger partial charge in [-0.15, -0.1) is 0 Å². The van der Waals surface area contributed by atoms with Crippen LogP contribution in [0.2, 0.25) is 0 Å². The quantitative estimate of drug-likeness (QED) is 0.786. The van der Waals surface area contributed by atoms with Crippen LogP contribution in [0.25, 0.3) is 0 Å². The van der Waals surface area contributed by atoms with Gasteiger partial charge in [0.05, 0.1) is 0 Å². The topological polar surface area (TPSA) is 46.5 Å². The highest BCUT2D eigenvalue weighted by Gasteiger charge is 2.38. The van der Waals surface area contributed by atoms with Crippen molar-refractivity contribution in [1.29, 1.82) is 0 Å². The Labute approximate surface area is 121 Å². The predicted molar refractivity (Wildman–Crippen MR) is 79.0 cm³/mol. The van der Waals surface area contributed by atoms with Crippen molar-refractivity contribution >= 4 is 6.16 Å². The lowest BCUT2D eigenvalue weighted by atomic mass is 9.77. The number of ether oxygens (including phenoxy) is 1. The Morgan fingerprint density at radius 1 is 1.20 bits per heavy atom. The molecule has 0 atom stereocenters. The van der Waals surface area contributed by atoms with Gasteiger partial charge in [-0.1, -0.05) is 51.5 Å². The van der Waals surface area contributed by atoms with Gasteiger partial charge in [-0.05, 0) is 42.2 Å². The molecule has 0 spiro atoms. The monoisotopic (exact) mass is 276 g/mol. The lowest BCUT2D eigenvalue weighted by Gasteiger charge is -2.36. The first-order valence-electron chi connectivity index (χ1n) is 7.36. The van der Waals surface area contributed by atoms with Crippen LogP contribution in [0.5, 0.6) is 0 Å². The molecule has 1 fully saturated rings. The molecule has 3 nitrogen and oxygen atoms in total. The maximum Gasteiger partial charge on any atom is 0.506 e. The van der Waals surface area contributed by atoms with Crippen LogP contribution >= 0.6 is 0 Å². The van der Waals surface area contributed by atoms with Crippen molar-refractivity contribution in [3.05, 3.63) is 35.4 Å². The lowest BCUT2D eigenvalue weighted by molar-refractivity contribution is -0.0461. The minimum atomic E-state index is -1.17. The molecule has 1 saturated carbocycles. The molecule has 1 aromatic carbocycles. The second kappa shape index (κ2) is 5.47. The van der Waals surface area contributed by atoms with E-state index in [4.69, 9.17) is 9.84 Å². The van der Waals surface area contributed by atoms with Crippen molar-refractivity contribution in [2.45, 2.75) is 63.9 Å². The van der Waals surface area contributed by atoms with E-state index in [1.165, 1.54) is 5.56 Å². The van der Waals surface area contributed by atoms with Crippen LogP contribution < -0.4 is 0 Å². The first-order chi connectivity index (χ1) is 9.33. The molecule has 110 valence electrons. The zero-order valence-electron chi connectivity index (χ0n) is 12.6. The molecule has 1 aromatic rings. The highest BCUT2D eigenvalue weighted by atomic mass is 16.7. The average Bonchev–Trinajstić information content (AvgIpc) is 2.38. The number of hydrogen-bond donors (Lipinski definition) is 1. The summed E-state index contributed by atoms with van der Waals surface area (Å²) in [4.78, 5) is 11.1. The molecule has 1 N–H and O–H groups in total. The Morgan fingerprint density at radius 2 is 1.85 bits per heavy atom. The van der Waals surface area contributed by atoms with Gasteiger partial charge in [-0.25, -0.2) is 4.79 Å². The van der Waals surface area contributed by atoms with E-state index < -0.39 is 11.8 Å². The Kier molecular flexibility index (Phi) is 4.07. The highest BCUT2D eigenvalue weighted by molar-refractivity contribution is 5.58. The first kappa shape index (κ1) is 14.9. The minimum Gasteiger partial charge on any atom is -0.450 e. The molecule has 0 amide bonds. The Balaban J connectivity index is 2.41. The molecule has 1 aliphatic rings. The lowest BCUT2D eigenvalue weighted by Crippen LogP contribution is -2.34. The SMILES string of the molecule is CC(C)(C)c1cccc(C2(OC(=O)O)CCCCC2)c1. The molecule has 0 radical (unpaired) electrons. The molecule has 0 aliphatic heterocycles. The Bertz CT molecular complexity index is 479. The fourth-order valence-electron chi connectivity index (χ4n) is 3.01. The molecule has 20 heavy (non-hydrogen) atoms. The van der Waals surface area contributed by atoms with Gasteiger partial charge in [0.2, 0.25) is 0 Å². The maximum atomic E-state index is 11.1. The summed E-state index contributed by atoms with van der Waals surface area (Å²) in [5.41, 5.74) is 1.63. The summed E-state index contributed by atoms with van der Waals surface area (Å²) < 4.78 is 5.35. The number of rotatable bonds is 2. The third-order valence-electron chi connectivity index (χ3n) is 4.20. The van der Waals surface area contributed by atoms with E-state index in [2.05, 4.69) is 32.9 Å². The third kappa shape index (κ3) is 3.14. The Hall–Kier alpha value is -1.51. The molecule has 0 heterocycles. The fraction of sp³-hybridized carbons (Fsp3) is 0.588. The van der Waals surface area contributed by atoms with E-state index in [1.807, 2.05) is 12.1 Å². The normalized spacial score (nSPS) is 18.6. The summed E-state index contributed by atoms with van der Waals surface area (Å²) in [7, 11) is 0. The molecule has 2 rings (SSSR count). The van der Waals surface area contributed by atoms with Gasteiger partial charge in [-0.2, -0.15) is 0 Å². The van der Waals surface area contributed by atoms with Gasteiger partial charge >= 0.3 is 6.16 Å². The summed E-state index contributed by atoms with van der Waals surface area (Å²) in [5, 5.41) is 9.10. The van der Waals surface area contributed by atoms with Crippen molar-refractivity contribution in [3.8, 4) is 0 Å². The molecular weight excluding hydrogens is 252 g/mol. The fourth-order valence-corrected chi connectivity index (χ4v) is 3.01. The zero-order valence-corrected chi connectivity index (χ0v) is 12.6. The maximum absolute atomic E-state index is 11.1. The molecule has 0 saturated heterocycles. The van der Waals surface area contributed by atoms with Crippen LogP contribution in [0.15, 0.2) is 24.3 Å². The number of carboxylic acid groups (broad SMARTS) is 1. The van der Waals surface area contributed by atoms with E-state index in [0.717, 1.165) is 37.7 Å². The van der Waals surface area contributed by atoms with Gasteiger partial charge in [0, 0.05) is 0 Å². The number of benzene rings is 1.